The molecule has 0 aliphatic carbocycles. The molecule has 0 radical (unpaired) electrons. The summed E-state index contributed by atoms with van der Waals surface area (Å²) in [6.45, 7) is 7.27. The van der Waals surface area contributed by atoms with Gasteiger partial charge in [-0.15, -0.1) is 0 Å². The summed E-state index contributed by atoms with van der Waals surface area (Å²) in [4.78, 5) is 0. The molecule has 0 bridgehead atoms. The van der Waals surface area contributed by atoms with Crippen LogP contribution in [0, 0.1) is 13.8 Å². The molecule has 1 aromatic carbocycles. The van der Waals surface area contributed by atoms with Crippen LogP contribution >= 0.6 is 0 Å². The second-order valence-electron chi connectivity index (χ2n) is 4.49. The SMILES string of the molecule is Cc1cc(C)cc(N[C@H]2CCO[C@H]2C)c1. The summed E-state index contributed by atoms with van der Waals surface area (Å²) in [5, 5.41) is 3.55. The molecule has 1 aliphatic rings. The number of benzene rings is 1. The zero-order chi connectivity index (χ0) is 10.8. The monoisotopic (exact) mass is 205 g/mol. The van der Waals surface area contributed by atoms with Gasteiger partial charge in [-0.05, 0) is 50.5 Å². The van der Waals surface area contributed by atoms with Crippen molar-refractivity contribution in [3.63, 3.8) is 0 Å². The molecule has 82 valence electrons. The molecular weight excluding hydrogens is 186 g/mol. The minimum absolute atomic E-state index is 0.325. The van der Waals surface area contributed by atoms with E-state index in [0.717, 1.165) is 13.0 Å². The van der Waals surface area contributed by atoms with Crippen LogP contribution in [-0.2, 0) is 4.74 Å². The fourth-order valence-electron chi connectivity index (χ4n) is 2.19. The second-order valence-corrected chi connectivity index (χ2v) is 4.49. The molecule has 0 amide bonds. The number of aryl methyl sites for hydroxylation is 2. The van der Waals surface area contributed by atoms with Gasteiger partial charge in [-0.3, -0.25) is 0 Å². The van der Waals surface area contributed by atoms with E-state index in [1.165, 1.54) is 16.8 Å². The topological polar surface area (TPSA) is 21.3 Å². The molecule has 0 unspecified atom stereocenters. The molecule has 1 N–H and O–H groups in total. The lowest BCUT2D eigenvalue weighted by atomic mass is 10.1. The maximum atomic E-state index is 5.54. The van der Waals surface area contributed by atoms with E-state index in [9.17, 15) is 0 Å². The fraction of sp³-hybridized carbons (Fsp3) is 0.538. The largest absolute Gasteiger partial charge is 0.380 e. The van der Waals surface area contributed by atoms with Crippen LogP contribution in [0.4, 0.5) is 5.69 Å². The number of anilines is 1. The van der Waals surface area contributed by atoms with Crippen molar-refractivity contribution in [2.45, 2.75) is 39.3 Å². The smallest absolute Gasteiger partial charge is 0.0748 e. The van der Waals surface area contributed by atoms with Gasteiger partial charge >= 0.3 is 0 Å². The highest BCUT2D eigenvalue weighted by Crippen LogP contribution is 2.20. The molecule has 2 atom stereocenters. The molecule has 1 heterocycles. The van der Waals surface area contributed by atoms with E-state index in [4.69, 9.17) is 4.74 Å². The van der Waals surface area contributed by atoms with Gasteiger partial charge < -0.3 is 10.1 Å². The number of hydrogen-bond acceptors (Lipinski definition) is 2. The molecular formula is C13H19NO. The zero-order valence-corrected chi connectivity index (χ0v) is 9.71. The molecule has 0 spiro atoms. The Labute approximate surface area is 91.6 Å². The fourth-order valence-corrected chi connectivity index (χ4v) is 2.19. The molecule has 1 aromatic rings. The Morgan fingerprint density at radius 3 is 2.40 bits per heavy atom. The van der Waals surface area contributed by atoms with E-state index in [1.807, 2.05) is 0 Å². The summed E-state index contributed by atoms with van der Waals surface area (Å²) in [6.07, 6.45) is 1.43. The van der Waals surface area contributed by atoms with Gasteiger partial charge in [-0.2, -0.15) is 0 Å². The molecule has 15 heavy (non-hydrogen) atoms. The molecule has 2 rings (SSSR count). The molecule has 0 aromatic heterocycles. The van der Waals surface area contributed by atoms with Gasteiger partial charge in [0.25, 0.3) is 0 Å². The highest BCUT2D eigenvalue weighted by molar-refractivity contribution is 5.49. The van der Waals surface area contributed by atoms with Gasteiger partial charge in [0.15, 0.2) is 0 Å². The van der Waals surface area contributed by atoms with Crippen LogP contribution in [0.25, 0.3) is 0 Å². The third-order valence-electron chi connectivity index (χ3n) is 2.95. The van der Waals surface area contributed by atoms with Crippen molar-refractivity contribution in [2.75, 3.05) is 11.9 Å². The van der Waals surface area contributed by atoms with E-state index in [2.05, 4.69) is 44.3 Å². The molecule has 1 saturated heterocycles. The highest BCUT2D eigenvalue weighted by Gasteiger charge is 2.23. The Balaban J connectivity index is 2.10. The number of nitrogens with one attached hydrogen (secondary N) is 1. The average molecular weight is 205 g/mol. The molecule has 2 nitrogen and oxygen atoms in total. The van der Waals surface area contributed by atoms with Crippen LogP contribution in [-0.4, -0.2) is 18.8 Å². The highest BCUT2D eigenvalue weighted by atomic mass is 16.5. The number of rotatable bonds is 2. The van der Waals surface area contributed by atoms with Gasteiger partial charge in [0.1, 0.15) is 0 Å². The van der Waals surface area contributed by atoms with Crippen LogP contribution in [0.1, 0.15) is 24.5 Å². The second kappa shape index (κ2) is 4.23. The first-order chi connectivity index (χ1) is 7.15. The first-order valence-electron chi connectivity index (χ1n) is 5.61. The summed E-state index contributed by atoms with van der Waals surface area (Å²) in [6, 6.07) is 7.04. The van der Waals surface area contributed by atoms with Crippen molar-refractivity contribution >= 4 is 5.69 Å². The van der Waals surface area contributed by atoms with E-state index < -0.39 is 0 Å². The van der Waals surface area contributed by atoms with Crippen LogP contribution in [0.3, 0.4) is 0 Å². The Morgan fingerprint density at radius 2 is 1.87 bits per heavy atom. The molecule has 2 heteroatoms. The van der Waals surface area contributed by atoms with Gasteiger partial charge in [-0.1, -0.05) is 6.07 Å². The van der Waals surface area contributed by atoms with Crippen molar-refractivity contribution in [3.8, 4) is 0 Å². The Bertz CT molecular complexity index is 328. The van der Waals surface area contributed by atoms with Crippen LogP contribution in [0.5, 0.6) is 0 Å². The average Bonchev–Trinajstić information content (AvgIpc) is 2.50. The predicted molar refractivity (Wildman–Crippen MR) is 63.4 cm³/mol. The first kappa shape index (κ1) is 10.5. The standard InChI is InChI=1S/C13H19NO/c1-9-6-10(2)8-12(7-9)14-13-4-5-15-11(13)3/h6-8,11,13-14H,4-5H2,1-3H3/t11-,13-/m0/s1. The third kappa shape index (κ3) is 2.51. The van der Waals surface area contributed by atoms with Gasteiger partial charge in [0.05, 0.1) is 12.1 Å². The van der Waals surface area contributed by atoms with Gasteiger partial charge in [-0.25, -0.2) is 0 Å². The number of hydrogen-bond donors (Lipinski definition) is 1. The van der Waals surface area contributed by atoms with Crippen molar-refractivity contribution in [3.05, 3.63) is 29.3 Å². The Morgan fingerprint density at radius 1 is 1.20 bits per heavy atom. The zero-order valence-electron chi connectivity index (χ0n) is 9.71. The van der Waals surface area contributed by atoms with E-state index in [0.29, 0.717) is 12.1 Å². The first-order valence-corrected chi connectivity index (χ1v) is 5.61. The van der Waals surface area contributed by atoms with Crippen LogP contribution in [0.2, 0.25) is 0 Å². The third-order valence-corrected chi connectivity index (χ3v) is 2.95. The maximum absolute atomic E-state index is 5.54. The summed E-state index contributed by atoms with van der Waals surface area (Å²) in [5.41, 5.74) is 3.84. The van der Waals surface area contributed by atoms with Crippen molar-refractivity contribution in [2.24, 2.45) is 0 Å². The normalized spacial score (nSPS) is 25.5. The lowest BCUT2D eigenvalue weighted by molar-refractivity contribution is 0.121. The van der Waals surface area contributed by atoms with Gasteiger partial charge in [0, 0.05) is 12.3 Å². The summed E-state index contributed by atoms with van der Waals surface area (Å²) >= 11 is 0. The van der Waals surface area contributed by atoms with E-state index in [1.54, 1.807) is 0 Å². The molecule has 1 fully saturated rings. The lowest BCUT2D eigenvalue weighted by Crippen LogP contribution is -2.26. The van der Waals surface area contributed by atoms with E-state index >= 15 is 0 Å². The van der Waals surface area contributed by atoms with E-state index in [-0.39, 0.29) is 0 Å². The van der Waals surface area contributed by atoms with Crippen molar-refractivity contribution in [1.82, 2.24) is 0 Å². The van der Waals surface area contributed by atoms with Crippen LogP contribution < -0.4 is 5.32 Å². The lowest BCUT2D eigenvalue weighted by Gasteiger charge is -2.18. The van der Waals surface area contributed by atoms with Crippen molar-refractivity contribution < 1.29 is 4.74 Å². The minimum Gasteiger partial charge on any atom is -0.380 e. The summed E-state index contributed by atoms with van der Waals surface area (Å²) in [5.74, 6) is 0. The van der Waals surface area contributed by atoms with Crippen molar-refractivity contribution in [1.29, 1.82) is 0 Å². The quantitative estimate of drug-likeness (QED) is 0.801. The minimum atomic E-state index is 0.325. The Kier molecular flexibility index (Phi) is 2.96. The van der Waals surface area contributed by atoms with Crippen LogP contribution in [0.15, 0.2) is 18.2 Å². The molecule has 1 aliphatic heterocycles. The predicted octanol–water partition coefficient (Wildman–Crippen LogP) is 2.89. The molecule has 0 saturated carbocycles. The van der Waals surface area contributed by atoms with Gasteiger partial charge in [0.2, 0.25) is 0 Å². The summed E-state index contributed by atoms with van der Waals surface area (Å²) in [7, 11) is 0. The Hall–Kier alpha value is -1.02. The summed E-state index contributed by atoms with van der Waals surface area (Å²) < 4.78 is 5.54. The maximum Gasteiger partial charge on any atom is 0.0748 e. The number of ether oxygens (including phenoxy) is 1.